The molecule has 1 rings (SSSR count). The smallest absolute Gasteiger partial charge is 0.462 e. The van der Waals surface area contributed by atoms with Crippen LogP contribution < -0.4 is 0 Å². The number of esters is 2. The van der Waals surface area contributed by atoms with Gasteiger partial charge < -0.3 is 49.7 Å². The van der Waals surface area contributed by atoms with Crippen LogP contribution in [0.25, 0.3) is 0 Å². The summed E-state index contributed by atoms with van der Waals surface area (Å²) >= 11 is 0. The zero-order chi connectivity index (χ0) is 49.1. The molecular weight excluding hydrogens is 898 g/mol. The molecule has 0 amide bonds. The number of aliphatic hydroxyl groups is 5. The molecule has 0 saturated heterocycles. The Labute approximate surface area is 391 Å². The van der Waals surface area contributed by atoms with Gasteiger partial charge >= 0.3 is 27.6 Å². The minimum atomic E-state index is -5.39. The summed E-state index contributed by atoms with van der Waals surface area (Å²) in [5, 5.41) is 51.6. The number of carbonyl (C=O) groups is 2. The molecule has 9 atom stereocenters. The highest BCUT2D eigenvalue weighted by atomic mass is 31.2. The zero-order valence-corrected chi connectivity index (χ0v) is 40.5. The Morgan fingerprint density at radius 3 is 1.58 bits per heavy atom. The molecule has 8 N–H and O–H groups in total. The third-order valence-corrected chi connectivity index (χ3v) is 11.5. The fourth-order valence-electron chi connectivity index (χ4n) is 6.37. The number of rotatable bonds is 37. The van der Waals surface area contributed by atoms with E-state index >= 15 is 0 Å². The Morgan fingerprint density at radius 2 is 1.05 bits per heavy atom. The first-order chi connectivity index (χ1) is 31.5. The van der Waals surface area contributed by atoms with Crippen LogP contribution in [0.5, 0.6) is 0 Å². The number of hydrogen-bond acceptors (Lipinski definition) is 14. The lowest BCUT2D eigenvalue weighted by Crippen LogP contribution is -2.64. The third kappa shape index (κ3) is 31.2. The van der Waals surface area contributed by atoms with Gasteiger partial charge in [-0.05, 0) is 83.5 Å². The molecule has 66 heavy (non-hydrogen) atoms. The van der Waals surface area contributed by atoms with E-state index in [4.69, 9.17) is 28.3 Å². The van der Waals surface area contributed by atoms with Gasteiger partial charge in [-0.25, -0.2) is 9.13 Å². The van der Waals surface area contributed by atoms with Gasteiger partial charge in [0.05, 0.1) is 12.7 Å². The van der Waals surface area contributed by atoms with Crippen molar-refractivity contribution in [2.75, 3.05) is 13.2 Å². The second-order valence-electron chi connectivity index (χ2n) is 16.0. The van der Waals surface area contributed by atoms with Gasteiger partial charge in [-0.3, -0.25) is 23.2 Å². The molecular formula is C47H78O17P2. The first-order valence-corrected chi connectivity index (χ1v) is 26.3. The molecule has 5 unspecified atom stereocenters. The van der Waals surface area contributed by atoms with Gasteiger partial charge in [0.2, 0.25) is 0 Å². The van der Waals surface area contributed by atoms with E-state index in [-0.39, 0.29) is 25.7 Å². The van der Waals surface area contributed by atoms with E-state index in [1.54, 1.807) is 18.2 Å². The van der Waals surface area contributed by atoms with Crippen molar-refractivity contribution in [3.05, 3.63) is 85.1 Å². The molecule has 0 aromatic heterocycles. The van der Waals surface area contributed by atoms with Crippen LogP contribution in [-0.2, 0) is 41.8 Å². The first kappa shape index (κ1) is 61.2. The van der Waals surface area contributed by atoms with Crippen molar-refractivity contribution in [2.24, 2.45) is 0 Å². The van der Waals surface area contributed by atoms with E-state index in [2.05, 4.69) is 67.0 Å². The molecule has 378 valence electrons. The normalized spacial score (nSPS) is 22.8. The number of allylic oxidation sites excluding steroid dienone is 13. The maximum absolute atomic E-state index is 13.0. The lowest BCUT2D eigenvalue weighted by molar-refractivity contribution is -0.216. The summed E-state index contributed by atoms with van der Waals surface area (Å²) in [6, 6.07) is 0. The average molecular weight is 977 g/mol. The molecule has 0 aliphatic heterocycles. The Bertz CT molecular complexity index is 1620. The van der Waals surface area contributed by atoms with Gasteiger partial charge in [0.1, 0.15) is 43.2 Å². The number of phosphoric acid groups is 2. The van der Waals surface area contributed by atoms with Crippen LogP contribution in [0.4, 0.5) is 0 Å². The van der Waals surface area contributed by atoms with Crippen LogP contribution in [0.3, 0.4) is 0 Å². The largest absolute Gasteiger partial charge is 0.472 e. The maximum Gasteiger partial charge on any atom is 0.472 e. The number of ether oxygens (including phenoxy) is 2. The molecule has 1 aliphatic rings. The lowest BCUT2D eigenvalue weighted by atomic mass is 9.85. The topological polar surface area (TPSA) is 276 Å². The molecule has 0 bridgehead atoms. The van der Waals surface area contributed by atoms with Crippen LogP contribution in [0.2, 0.25) is 0 Å². The highest BCUT2D eigenvalue weighted by Crippen LogP contribution is 2.49. The third-order valence-electron chi connectivity index (χ3n) is 10.0. The summed E-state index contributed by atoms with van der Waals surface area (Å²) in [7, 11) is -10.8. The van der Waals surface area contributed by atoms with Crippen molar-refractivity contribution in [1.29, 1.82) is 0 Å². The van der Waals surface area contributed by atoms with Crippen molar-refractivity contribution in [3.63, 3.8) is 0 Å². The Hall–Kier alpha value is -2.86. The number of unbranched alkanes of at least 4 members (excludes halogenated alkanes) is 8. The zero-order valence-electron chi connectivity index (χ0n) is 38.7. The SMILES string of the molecule is CCCCC/C=C\C/C=C\C/C=C\C=C\[C@H](O)CCCC(=O)O[C@H](COC(=O)CCCC/C=C\C/C=C\C/C=C\CCCCC)COP(=O)(O)O[C@H]1C(O)C(O)C(O)[C@@H](OP(=O)(O)O)C1O. The predicted molar refractivity (Wildman–Crippen MR) is 251 cm³/mol. The van der Waals surface area contributed by atoms with Gasteiger partial charge in [0, 0.05) is 12.8 Å². The van der Waals surface area contributed by atoms with Crippen LogP contribution in [0.15, 0.2) is 85.1 Å². The maximum atomic E-state index is 13.0. The van der Waals surface area contributed by atoms with E-state index in [0.29, 0.717) is 12.8 Å². The van der Waals surface area contributed by atoms with E-state index in [1.165, 1.54) is 38.5 Å². The van der Waals surface area contributed by atoms with Crippen LogP contribution in [0, 0.1) is 0 Å². The van der Waals surface area contributed by atoms with Crippen LogP contribution in [-0.4, -0.2) is 114 Å². The number of aliphatic hydroxyl groups excluding tert-OH is 5. The standard InChI is InChI=1S/C47H78O17P2/c1-3-5-7-9-11-13-15-17-18-20-22-24-26-28-30-34-40(49)60-36-39(37-61-66(58,59)64-47-44(53)42(51)43(52)46(45(47)54)63-65(55,56)57)62-41(50)35-31-33-38(48)32-29-27-25-23-21-19-16-14-12-10-8-6-4-2/h11-14,17-19,21-22,24-25,27,29,32,38-39,42-48,51-54H,3-10,15-16,20,23,26,28,30-31,33-37H2,1-2H3,(H,58,59)(H2,55,56,57)/b13-11-,14-12-,18-17-,21-19-,24-22-,27-25-,32-29+/t38-,39+,42?,43?,44?,45?,46+,47-/m0/s1. The molecule has 0 aromatic rings. The molecule has 0 spiro atoms. The average Bonchev–Trinajstić information content (AvgIpc) is 3.26. The molecule has 0 radical (unpaired) electrons. The summed E-state index contributed by atoms with van der Waals surface area (Å²) in [4.78, 5) is 54.2. The molecule has 1 aliphatic carbocycles. The van der Waals surface area contributed by atoms with E-state index in [9.17, 15) is 49.1 Å². The van der Waals surface area contributed by atoms with Gasteiger partial charge in [-0.2, -0.15) is 0 Å². The molecule has 0 aromatic carbocycles. The Balaban J connectivity index is 2.73. The van der Waals surface area contributed by atoms with Gasteiger partial charge in [0.15, 0.2) is 6.10 Å². The fourth-order valence-corrected chi connectivity index (χ4v) is 7.91. The quantitative estimate of drug-likeness (QED) is 0.00979. The number of hydrogen-bond donors (Lipinski definition) is 8. The number of phosphoric ester groups is 2. The fraction of sp³-hybridized carbons (Fsp3) is 0.660. The second-order valence-corrected chi connectivity index (χ2v) is 18.6. The summed E-state index contributed by atoms with van der Waals surface area (Å²) in [5.74, 6) is -1.46. The summed E-state index contributed by atoms with van der Waals surface area (Å²) in [6.45, 7) is 2.84. The minimum Gasteiger partial charge on any atom is -0.462 e. The van der Waals surface area contributed by atoms with Crippen molar-refractivity contribution in [1.82, 2.24) is 0 Å². The second kappa shape index (κ2) is 37.1. The number of carbonyl (C=O) groups excluding carboxylic acids is 2. The Morgan fingerprint density at radius 1 is 0.561 bits per heavy atom. The monoisotopic (exact) mass is 976 g/mol. The molecule has 0 heterocycles. The van der Waals surface area contributed by atoms with E-state index in [1.807, 2.05) is 18.2 Å². The minimum absolute atomic E-state index is 0.0269. The van der Waals surface area contributed by atoms with Crippen LogP contribution in [0.1, 0.15) is 136 Å². The summed E-state index contributed by atoms with van der Waals surface area (Å²) in [6.07, 6.45) is 27.1. The Kier molecular flexibility index (Phi) is 34.4. The molecule has 17 nitrogen and oxygen atoms in total. The van der Waals surface area contributed by atoms with Crippen LogP contribution >= 0.6 is 15.6 Å². The van der Waals surface area contributed by atoms with E-state index in [0.717, 1.165) is 44.9 Å². The van der Waals surface area contributed by atoms with E-state index < -0.39 is 89.6 Å². The summed E-state index contributed by atoms with van der Waals surface area (Å²) < 4.78 is 49.1. The molecule has 1 saturated carbocycles. The lowest BCUT2D eigenvalue weighted by Gasteiger charge is -2.43. The molecule has 19 heteroatoms. The highest BCUT2D eigenvalue weighted by molar-refractivity contribution is 7.47. The molecule has 1 fully saturated rings. The van der Waals surface area contributed by atoms with Gasteiger partial charge in [-0.1, -0.05) is 125 Å². The van der Waals surface area contributed by atoms with Crippen molar-refractivity contribution < 1.29 is 82.0 Å². The first-order valence-electron chi connectivity index (χ1n) is 23.2. The predicted octanol–water partition coefficient (Wildman–Crippen LogP) is 7.58. The summed E-state index contributed by atoms with van der Waals surface area (Å²) in [5.41, 5.74) is 0. The van der Waals surface area contributed by atoms with Crippen molar-refractivity contribution in [2.45, 2.75) is 185 Å². The van der Waals surface area contributed by atoms with Crippen molar-refractivity contribution in [3.8, 4) is 0 Å². The van der Waals surface area contributed by atoms with Gasteiger partial charge in [-0.15, -0.1) is 0 Å². The van der Waals surface area contributed by atoms with Gasteiger partial charge in [0.25, 0.3) is 0 Å². The van der Waals surface area contributed by atoms with Crippen molar-refractivity contribution >= 4 is 27.6 Å². The highest BCUT2D eigenvalue weighted by Gasteiger charge is 2.54.